The van der Waals surface area contributed by atoms with Gasteiger partial charge in [-0.25, -0.2) is 0 Å². The second-order valence-electron chi connectivity index (χ2n) is 6.25. The molecule has 130 valence electrons. The van der Waals surface area contributed by atoms with E-state index in [1.165, 1.54) is 12.8 Å². The van der Waals surface area contributed by atoms with Gasteiger partial charge >= 0.3 is 0 Å². The van der Waals surface area contributed by atoms with Crippen molar-refractivity contribution >= 4 is 29.9 Å². The number of aliphatic hydroxyl groups excluding tert-OH is 1. The Morgan fingerprint density at radius 1 is 1.32 bits per heavy atom. The molecular weight excluding hydrogens is 393 g/mol. The van der Waals surface area contributed by atoms with E-state index in [4.69, 9.17) is 14.8 Å². The number of guanidine groups is 1. The van der Waals surface area contributed by atoms with E-state index < -0.39 is 0 Å². The third kappa shape index (κ3) is 5.85. The summed E-state index contributed by atoms with van der Waals surface area (Å²) in [4.78, 5) is 4.73. The van der Waals surface area contributed by atoms with Gasteiger partial charge < -0.3 is 20.5 Å². The van der Waals surface area contributed by atoms with Gasteiger partial charge in [-0.3, -0.25) is 4.99 Å². The van der Waals surface area contributed by atoms with E-state index in [0.717, 1.165) is 44.7 Å². The summed E-state index contributed by atoms with van der Waals surface area (Å²) < 4.78 is 5.89. The molecule has 2 bridgehead atoms. The Labute approximate surface area is 151 Å². The van der Waals surface area contributed by atoms with Crippen molar-refractivity contribution in [1.82, 2.24) is 10.6 Å². The molecule has 0 saturated carbocycles. The zero-order valence-electron chi connectivity index (χ0n) is 13.9. The van der Waals surface area contributed by atoms with E-state index in [0.29, 0.717) is 24.2 Å². The maximum atomic E-state index is 9.14. The zero-order chi connectivity index (χ0) is 15.1. The molecule has 0 aliphatic carbocycles. The van der Waals surface area contributed by atoms with Gasteiger partial charge in [0.25, 0.3) is 0 Å². The number of halogens is 1. The minimum Gasteiger partial charge on any atom is -0.396 e. The van der Waals surface area contributed by atoms with Crippen molar-refractivity contribution in [2.24, 2.45) is 10.9 Å². The van der Waals surface area contributed by atoms with Crippen LogP contribution in [-0.2, 0) is 4.74 Å². The maximum Gasteiger partial charge on any atom is 0.191 e. The van der Waals surface area contributed by atoms with Crippen LogP contribution in [0.4, 0.5) is 0 Å². The van der Waals surface area contributed by atoms with Crippen LogP contribution in [0.1, 0.15) is 52.4 Å². The first-order valence-electron chi connectivity index (χ1n) is 8.57. The molecule has 0 aromatic carbocycles. The van der Waals surface area contributed by atoms with Crippen molar-refractivity contribution in [2.45, 2.75) is 70.6 Å². The number of aliphatic hydroxyl groups is 1. The lowest BCUT2D eigenvalue weighted by molar-refractivity contribution is 0.0992. The van der Waals surface area contributed by atoms with Crippen molar-refractivity contribution in [3.8, 4) is 0 Å². The molecule has 22 heavy (non-hydrogen) atoms. The highest BCUT2D eigenvalue weighted by Crippen LogP contribution is 2.34. The van der Waals surface area contributed by atoms with E-state index in [1.807, 2.05) is 0 Å². The Balaban J connectivity index is 0.00000242. The Hall–Kier alpha value is -0.0800. The first-order chi connectivity index (χ1) is 10.3. The highest BCUT2D eigenvalue weighted by molar-refractivity contribution is 14.0. The quantitative estimate of drug-likeness (QED) is 0.317. The Bertz CT molecular complexity index is 335. The minimum absolute atomic E-state index is 0. The van der Waals surface area contributed by atoms with Crippen LogP contribution in [0.2, 0.25) is 0 Å². The van der Waals surface area contributed by atoms with Crippen LogP contribution in [0.3, 0.4) is 0 Å². The smallest absolute Gasteiger partial charge is 0.191 e. The molecule has 2 saturated heterocycles. The number of hydrogen-bond acceptors (Lipinski definition) is 3. The fourth-order valence-electron chi connectivity index (χ4n) is 3.42. The topological polar surface area (TPSA) is 65.9 Å². The molecule has 2 rings (SSSR count). The van der Waals surface area contributed by atoms with Crippen molar-refractivity contribution in [1.29, 1.82) is 0 Å². The van der Waals surface area contributed by atoms with Crippen molar-refractivity contribution in [2.75, 3.05) is 19.7 Å². The summed E-state index contributed by atoms with van der Waals surface area (Å²) in [5.74, 6) is 1.38. The molecule has 6 heteroatoms. The molecule has 5 nitrogen and oxygen atoms in total. The van der Waals surface area contributed by atoms with Gasteiger partial charge in [0.05, 0.1) is 18.2 Å². The maximum absolute atomic E-state index is 9.14. The van der Waals surface area contributed by atoms with Crippen molar-refractivity contribution in [3.05, 3.63) is 0 Å². The van der Waals surface area contributed by atoms with Gasteiger partial charge in [0.1, 0.15) is 0 Å². The lowest BCUT2D eigenvalue weighted by Gasteiger charge is -2.23. The van der Waals surface area contributed by atoms with Gasteiger partial charge in [0.15, 0.2) is 5.96 Å². The SMILES string of the molecule is CCCC(CCO)CN=C(NCC)NC1CC2CCC1O2.I. The summed E-state index contributed by atoms with van der Waals surface area (Å²) >= 11 is 0. The average Bonchev–Trinajstić information content (AvgIpc) is 3.08. The molecule has 3 N–H and O–H groups in total. The number of nitrogens with zero attached hydrogens (tertiary/aromatic N) is 1. The molecule has 4 atom stereocenters. The summed E-state index contributed by atoms with van der Waals surface area (Å²) in [6, 6.07) is 0.406. The van der Waals surface area contributed by atoms with E-state index in [9.17, 15) is 0 Å². The van der Waals surface area contributed by atoms with Crippen LogP contribution in [0, 0.1) is 5.92 Å². The van der Waals surface area contributed by atoms with E-state index >= 15 is 0 Å². The fourth-order valence-corrected chi connectivity index (χ4v) is 3.42. The van der Waals surface area contributed by atoms with Gasteiger partial charge in [0.2, 0.25) is 0 Å². The Morgan fingerprint density at radius 2 is 2.14 bits per heavy atom. The third-order valence-corrected chi connectivity index (χ3v) is 4.51. The van der Waals surface area contributed by atoms with Crippen LogP contribution < -0.4 is 10.6 Å². The fraction of sp³-hybridized carbons (Fsp3) is 0.938. The molecule has 2 aliphatic rings. The number of rotatable bonds is 8. The first kappa shape index (κ1) is 20.0. The summed E-state index contributed by atoms with van der Waals surface area (Å²) in [5.41, 5.74) is 0. The summed E-state index contributed by atoms with van der Waals surface area (Å²) in [6.45, 7) is 6.18. The molecule has 0 radical (unpaired) electrons. The number of hydrogen-bond donors (Lipinski definition) is 3. The second-order valence-corrected chi connectivity index (χ2v) is 6.25. The number of fused-ring (bicyclic) bond motifs is 2. The average molecular weight is 425 g/mol. The lowest BCUT2D eigenvalue weighted by Crippen LogP contribution is -2.47. The first-order valence-corrected chi connectivity index (χ1v) is 8.57. The second kappa shape index (κ2) is 10.6. The molecule has 0 aromatic heterocycles. The Morgan fingerprint density at radius 3 is 2.68 bits per heavy atom. The number of ether oxygens (including phenoxy) is 1. The highest BCUT2D eigenvalue weighted by atomic mass is 127. The van der Waals surface area contributed by atoms with Crippen molar-refractivity contribution in [3.63, 3.8) is 0 Å². The molecule has 0 spiro atoms. The minimum atomic E-state index is 0. The zero-order valence-corrected chi connectivity index (χ0v) is 16.2. The van der Waals surface area contributed by atoms with Gasteiger partial charge in [-0.1, -0.05) is 13.3 Å². The lowest BCUT2D eigenvalue weighted by atomic mass is 9.96. The monoisotopic (exact) mass is 425 g/mol. The van der Waals surface area contributed by atoms with Crippen LogP contribution in [0.5, 0.6) is 0 Å². The summed E-state index contributed by atoms with van der Waals surface area (Å²) in [5, 5.41) is 16.0. The summed E-state index contributed by atoms with van der Waals surface area (Å²) in [7, 11) is 0. The van der Waals surface area contributed by atoms with Crippen molar-refractivity contribution < 1.29 is 9.84 Å². The highest BCUT2D eigenvalue weighted by Gasteiger charge is 2.41. The van der Waals surface area contributed by atoms with Crippen LogP contribution in [0.25, 0.3) is 0 Å². The molecule has 2 aliphatic heterocycles. The third-order valence-electron chi connectivity index (χ3n) is 4.51. The van der Waals surface area contributed by atoms with E-state index in [-0.39, 0.29) is 30.6 Å². The molecule has 0 aromatic rings. The number of aliphatic imine (C=N–C) groups is 1. The molecule has 2 heterocycles. The normalized spacial score (nSPS) is 28.3. The number of nitrogens with one attached hydrogen (secondary N) is 2. The van der Waals surface area contributed by atoms with Gasteiger partial charge in [-0.15, -0.1) is 24.0 Å². The van der Waals surface area contributed by atoms with Crippen LogP contribution >= 0.6 is 24.0 Å². The van der Waals surface area contributed by atoms with Gasteiger partial charge in [-0.2, -0.15) is 0 Å². The van der Waals surface area contributed by atoms with Crippen LogP contribution in [0.15, 0.2) is 4.99 Å². The molecule has 4 unspecified atom stereocenters. The van der Waals surface area contributed by atoms with Gasteiger partial charge in [0, 0.05) is 19.7 Å². The van der Waals surface area contributed by atoms with E-state index in [2.05, 4.69) is 24.5 Å². The molecule has 0 amide bonds. The predicted octanol–water partition coefficient (Wildman–Crippen LogP) is 2.28. The van der Waals surface area contributed by atoms with Gasteiger partial charge in [-0.05, 0) is 44.9 Å². The largest absolute Gasteiger partial charge is 0.396 e. The van der Waals surface area contributed by atoms with Crippen LogP contribution in [-0.4, -0.2) is 49.0 Å². The van der Waals surface area contributed by atoms with E-state index in [1.54, 1.807) is 0 Å². The molecule has 2 fully saturated rings. The predicted molar refractivity (Wildman–Crippen MR) is 101 cm³/mol. The molecular formula is C16H32IN3O2. The summed E-state index contributed by atoms with van der Waals surface area (Å²) in [6.07, 6.45) is 7.42. The standard InChI is InChI=1S/C16H31N3O2.HI/c1-3-5-12(8-9-20)11-18-16(17-4-2)19-14-10-13-6-7-15(14)21-13;/h12-15,20H,3-11H2,1-2H3,(H2,17,18,19);1H. The Kier molecular flexibility index (Phi) is 9.66.